The van der Waals surface area contributed by atoms with Gasteiger partial charge in [0, 0.05) is 13.0 Å². The van der Waals surface area contributed by atoms with E-state index in [2.05, 4.69) is 6.92 Å². The van der Waals surface area contributed by atoms with Gasteiger partial charge in [0.1, 0.15) is 19.3 Å². The molecular formula is C29H61NO8P+. The second-order valence-electron chi connectivity index (χ2n) is 11.8. The average molecular weight is 583 g/mol. The van der Waals surface area contributed by atoms with Crippen molar-refractivity contribution in [2.24, 2.45) is 0 Å². The van der Waals surface area contributed by atoms with Gasteiger partial charge in [0.15, 0.2) is 0 Å². The van der Waals surface area contributed by atoms with Crippen LogP contribution in [0.4, 0.5) is 0 Å². The monoisotopic (exact) mass is 582 g/mol. The zero-order valence-corrected chi connectivity index (χ0v) is 26.4. The maximum Gasteiger partial charge on any atom is 0.472 e. The zero-order valence-electron chi connectivity index (χ0n) is 25.5. The van der Waals surface area contributed by atoms with Gasteiger partial charge in [-0.15, -0.1) is 0 Å². The first kappa shape index (κ1) is 38.5. The van der Waals surface area contributed by atoms with Gasteiger partial charge in [0.05, 0.1) is 33.9 Å². The molecule has 0 bridgehead atoms. The van der Waals surface area contributed by atoms with Crippen LogP contribution in [0.25, 0.3) is 0 Å². The molecule has 0 amide bonds. The molecule has 0 aliphatic heterocycles. The molecule has 0 rings (SSSR count). The summed E-state index contributed by atoms with van der Waals surface area (Å²) < 4.78 is 29.7. The van der Waals surface area contributed by atoms with E-state index in [-0.39, 0.29) is 26.2 Å². The highest BCUT2D eigenvalue weighted by Gasteiger charge is 2.32. The number of nitrogens with zero attached hydrogens (tertiary/aromatic N) is 1. The quantitative estimate of drug-likeness (QED) is 0.0506. The van der Waals surface area contributed by atoms with Crippen LogP contribution in [0.15, 0.2) is 0 Å². The fraction of sp³-hybridized carbons (Fsp3) is 0.966. The van der Waals surface area contributed by atoms with Crippen LogP contribution in [-0.4, -0.2) is 85.3 Å². The van der Waals surface area contributed by atoms with Crippen molar-refractivity contribution >= 4 is 13.8 Å². The fourth-order valence-corrected chi connectivity index (χ4v) is 5.33. The minimum atomic E-state index is -4.33. The Hall–Kier alpha value is -0.540. The van der Waals surface area contributed by atoms with Crippen molar-refractivity contribution in [2.75, 3.05) is 47.5 Å². The summed E-state index contributed by atoms with van der Waals surface area (Å²) in [4.78, 5) is 21.0. The number of hydrogen-bond donors (Lipinski definition) is 3. The SMILES string of the molecule is CCCCCCCCCCCCCCCC[C@@H](OP(=O)(O)OCC[N+](C)(C)C)[C@H](CO)OCCCCC(=O)O. The second-order valence-corrected chi connectivity index (χ2v) is 13.2. The van der Waals surface area contributed by atoms with Gasteiger partial charge < -0.3 is 24.3 Å². The van der Waals surface area contributed by atoms with Crippen molar-refractivity contribution in [1.29, 1.82) is 0 Å². The van der Waals surface area contributed by atoms with Gasteiger partial charge in [-0.2, -0.15) is 0 Å². The molecular weight excluding hydrogens is 521 g/mol. The number of unbranched alkanes of at least 4 members (excludes halogenated alkanes) is 14. The summed E-state index contributed by atoms with van der Waals surface area (Å²) in [5.41, 5.74) is 0. The smallest absolute Gasteiger partial charge is 0.472 e. The number of phosphoric acid groups is 1. The number of hydrogen-bond acceptors (Lipinski definition) is 6. The minimum Gasteiger partial charge on any atom is -0.481 e. The average Bonchev–Trinajstić information content (AvgIpc) is 2.84. The first-order valence-corrected chi connectivity index (χ1v) is 16.9. The van der Waals surface area contributed by atoms with Crippen molar-refractivity contribution < 1.29 is 42.7 Å². The lowest BCUT2D eigenvalue weighted by atomic mass is 10.0. The molecule has 0 fully saturated rings. The summed E-state index contributed by atoms with van der Waals surface area (Å²) in [6, 6.07) is 0. The number of rotatable bonds is 29. The third-order valence-corrected chi connectivity index (χ3v) is 7.88. The molecule has 0 saturated heterocycles. The Morgan fingerprint density at radius 2 is 1.28 bits per heavy atom. The van der Waals surface area contributed by atoms with E-state index in [0.717, 1.165) is 19.3 Å². The van der Waals surface area contributed by atoms with Crippen LogP contribution in [0.1, 0.15) is 122 Å². The van der Waals surface area contributed by atoms with E-state index in [4.69, 9.17) is 18.9 Å². The highest BCUT2D eigenvalue weighted by atomic mass is 31.2. The molecule has 3 atom stereocenters. The second kappa shape index (κ2) is 24.1. The molecule has 1 unspecified atom stereocenters. The number of aliphatic hydroxyl groups excluding tert-OH is 1. The summed E-state index contributed by atoms with van der Waals surface area (Å²) in [7, 11) is 1.56. The minimum absolute atomic E-state index is 0.0537. The summed E-state index contributed by atoms with van der Waals surface area (Å²) >= 11 is 0. The first-order chi connectivity index (χ1) is 18.5. The van der Waals surface area contributed by atoms with E-state index in [9.17, 15) is 19.4 Å². The Labute approximate surface area is 238 Å². The highest BCUT2D eigenvalue weighted by Crippen LogP contribution is 2.46. The third-order valence-electron chi connectivity index (χ3n) is 6.84. The molecule has 0 aliphatic rings. The van der Waals surface area contributed by atoms with E-state index in [0.29, 0.717) is 30.3 Å². The van der Waals surface area contributed by atoms with E-state index in [1.54, 1.807) is 0 Å². The predicted octanol–water partition coefficient (Wildman–Crippen LogP) is 6.70. The van der Waals surface area contributed by atoms with Crippen LogP contribution in [-0.2, 0) is 23.1 Å². The maximum atomic E-state index is 12.6. The summed E-state index contributed by atoms with van der Waals surface area (Å²) in [5, 5.41) is 18.7. The molecule has 0 saturated carbocycles. The lowest BCUT2D eigenvalue weighted by Gasteiger charge is -2.28. The molecule has 0 aliphatic carbocycles. The predicted molar refractivity (Wildman–Crippen MR) is 157 cm³/mol. The number of carboxylic acid groups (broad SMARTS) is 1. The standard InChI is InChI=1S/C29H60NO8P/c1-5-6-7-8-9-10-11-12-13-14-15-16-17-18-21-27(28(26-31)36-24-20-19-22-29(32)33)38-39(34,35)37-25-23-30(2,3)4/h27-28,31H,5-26H2,1-4H3,(H-,32,33,34,35)/p+1/t27-,28+/m1/s1. The summed E-state index contributed by atoms with van der Waals surface area (Å²) in [5.74, 6) is -0.861. The zero-order chi connectivity index (χ0) is 29.4. The lowest BCUT2D eigenvalue weighted by Crippen LogP contribution is -2.38. The van der Waals surface area contributed by atoms with Gasteiger partial charge in [-0.1, -0.05) is 96.8 Å². The van der Waals surface area contributed by atoms with Crippen molar-refractivity contribution in [2.45, 2.75) is 135 Å². The Morgan fingerprint density at radius 1 is 0.769 bits per heavy atom. The van der Waals surface area contributed by atoms with Gasteiger partial charge in [0.25, 0.3) is 0 Å². The van der Waals surface area contributed by atoms with Crippen LogP contribution >= 0.6 is 7.82 Å². The number of aliphatic carboxylic acids is 1. The fourth-order valence-electron chi connectivity index (χ4n) is 4.37. The van der Waals surface area contributed by atoms with Gasteiger partial charge in [-0.3, -0.25) is 13.8 Å². The molecule has 234 valence electrons. The van der Waals surface area contributed by atoms with E-state index < -0.39 is 26.0 Å². The van der Waals surface area contributed by atoms with Gasteiger partial charge in [-0.05, 0) is 19.3 Å². The normalized spacial score (nSPS) is 15.2. The Balaban J connectivity index is 4.45. The number of likely N-dealkylation sites (N-methyl/N-ethyl adjacent to an activating group) is 1. The highest BCUT2D eigenvalue weighted by molar-refractivity contribution is 7.47. The van der Waals surface area contributed by atoms with Crippen LogP contribution in [0, 0.1) is 0 Å². The number of ether oxygens (including phenoxy) is 1. The molecule has 0 aromatic rings. The number of carboxylic acids is 1. The Morgan fingerprint density at radius 3 is 1.74 bits per heavy atom. The van der Waals surface area contributed by atoms with Crippen molar-refractivity contribution in [3.05, 3.63) is 0 Å². The third kappa shape index (κ3) is 26.1. The largest absolute Gasteiger partial charge is 0.481 e. The van der Waals surface area contributed by atoms with Crippen LogP contribution < -0.4 is 0 Å². The number of phosphoric ester groups is 1. The van der Waals surface area contributed by atoms with Crippen molar-refractivity contribution in [1.82, 2.24) is 0 Å². The summed E-state index contributed by atoms with van der Waals surface area (Å²) in [6.07, 6.45) is 17.3. The van der Waals surface area contributed by atoms with Gasteiger partial charge in [0.2, 0.25) is 0 Å². The molecule has 0 radical (unpaired) electrons. The lowest BCUT2D eigenvalue weighted by molar-refractivity contribution is -0.870. The van der Waals surface area contributed by atoms with Gasteiger partial charge in [-0.25, -0.2) is 4.57 Å². The topological polar surface area (TPSA) is 123 Å². The Bertz CT molecular complexity index is 629. The van der Waals surface area contributed by atoms with Crippen LogP contribution in [0.3, 0.4) is 0 Å². The van der Waals surface area contributed by atoms with Crippen molar-refractivity contribution in [3.8, 4) is 0 Å². The molecule has 0 heterocycles. The van der Waals surface area contributed by atoms with E-state index >= 15 is 0 Å². The first-order valence-electron chi connectivity index (χ1n) is 15.4. The number of carbonyl (C=O) groups is 1. The maximum absolute atomic E-state index is 12.6. The van der Waals surface area contributed by atoms with Crippen LogP contribution in [0.2, 0.25) is 0 Å². The molecule has 9 nitrogen and oxygen atoms in total. The Kier molecular flexibility index (Phi) is 23.8. The number of quaternary nitrogens is 1. The van der Waals surface area contributed by atoms with E-state index in [1.807, 2.05) is 21.1 Å². The van der Waals surface area contributed by atoms with E-state index in [1.165, 1.54) is 70.6 Å². The molecule has 3 N–H and O–H groups in total. The molecule has 0 spiro atoms. The molecule has 39 heavy (non-hydrogen) atoms. The molecule has 10 heteroatoms. The van der Waals surface area contributed by atoms with Crippen molar-refractivity contribution in [3.63, 3.8) is 0 Å². The van der Waals surface area contributed by atoms with Gasteiger partial charge >= 0.3 is 13.8 Å². The molecule has 0 aromatic carbocycles. The van der Waals surface area contributed by atoms with Crippen LogP contribution in [0.5, 0.6) is 0 Å². The summed E-state index contributed by atoms with van der Waals surface area (Å²) in [6.45, 7) is 2.75. The number of aliphatic hydroxyl groups is 1. The molecule has 0 aromatic heterocycles.